The Kier molecular flexibility index (Phi) is 4.01. The Bertz CT molecular complexity index is 437. The van der Waals surface area contributed by atoms with E-state index in [1.54, 1.807) is 0 Å². The number of benzene rings is 1. The van der Waals surface area contributed by atoms with Crippen LogP contribution in [-0.4, -0.2) is 11.5 Å². The fourth-order valence-electron chi connectivity index (χ4n) is 0.731. The summed E-state index contributed by atoms with van der Waals surface area (Å²) in [4.78, 5) is 0. The van der Waals surface area contributed by atoms with Gasteiger partial charge in [-0.15, -0.1) is 0 Å². The van der Waals surface area contributed by atoms with Crippen LogP contribution in [0.5, 0.6) is 0 Å². The van der Waals surface area contributed by atoms with Gasteiger partial charge in [0.1, 0.15) is 0 Å². The van der Waals surface area contributed by atoms with Crippen molar-refractivity contribution < 1.29 is 8.42 Å². The zero-order valence-electron chi connectivity index (χ0n) is 7.05. The molecule has 8 heteroatoms. The van der Waals surface area contributed by atoms with Gasteiger partial charge in [0.2, 0.25) is 0 Å². The summed E-state index contributed by atoms with van der Waals surface area (Å²) in [5.74, 6) is 0. The number of halogens is 4. The molecule has 15 heavy (non-hydrogen) atoms. The van der Waals surface area contributed by atoms with Gasteiger partial charge in [-0.25, -0.2) is 8.42 Å². The van der Waals surface area contributed by atoms with Crippen molar-refractivity contribution in [1.82, 2.24) is 0 Å². The first-order valence-corrected chi connectivity index (χ1v) is 6.56. The van der Waals surface area contributed by atoms with Gasteiger partial charge in [0.25, 0.3) is 10.0 Å². The minimum atomic E-state index is -4.06. The summed E-state index contributed by atoms with van der Waals surface area (Å²) in [7, 11) is -4.06. The summed E-state index contributed by atoms with van der Waals surface area (Å²) in [5.41, 5.74) is 0.269. The topological polar surface area (TPSA) is 46.2 Å². The number of nitrogens with one attached hydrogen (secondary N) is 1. The lowest BCUT2D eigenvalue weighted by atomic mass is 10.3. The van der Waals surface area contributed by atoms with Crippen LogP contribution >= 0.6 is 46.4 Å². The van der Waals surface area contributed by atoms with Gasteiger partial charge in [0.05, 0.1) is 0 Å². The second kappa shape index (κ2) is 4.55. The van der Waals surface area contributed by atoms with Crippen LogP contribution in [0.4, 0.5) is 5.69 Å². The molecule has 0 saturated heterocycles. The fourth-order valence-corrected chi connectivity index (χ4v) is 1.77. The Hall–Kier alpha value is 0.130. The number of rotatable bonds is 2. The van der Waals surface area contributed by atoms with Crippen LogP contribution in [0.3, 0.4) is 0 Å². The van der Waals surface area contributed by atoms with Crippen molar-refractivity contribution in [2.75, 3.05) is 4.72 Å². The summed E-state index contributed by atoms with van der Waals surface area (Å²) in [5, 5.41) is 0.479. The molecule has 1 N–H and O–H groups in total. The average Bonchev–Trinajstić information content (AvgIpc) is 2.06. The molecule has 1 aromatic carbocycles. The predicted molar refractivity (Wildman–Crippen MR) is 64.3 cm³/mol. The van der Waals surface area contributed by atoms with Gasteiger partial charge >= 0.3 is 3.12 Å². The lowest BCUT2D eigenvalue weighted by Gasteiger charge is -2.13. The Balaban J connectivity index is 2.93. The van der Waals surface area contributed by atoms with Gasteiger partial charge in [0.15, 0.2) is 0 Å². The molecule has 84 valence electrons. The molecule has 0 aromatic heterocycles. The molecule has 0 radical (unpaired) electrons. The van der Waals surface area contributed by atoms with Crippen molar-refractivity contribution in [3.05, 3.63) is 29.3 Å². The quantitative estimate of drug-likeness (QED) is 0.851. The lowest BCUT2D eigenvalue weighted by Crippen LogP contribution is -2.26. The van der Waals surface area contributed by atoms with E-state index in [1.807, 2.05) is 0 Å². The molecule has 0 spiro atoms. The van der Waals surface area contributed by atoms with E-state index in [0.29, 0.717) is 5.02 Å². The van der Waals surface area contributed by atoms with E-state index in [0.717, 1.165) is 0 Å². The van der Waals surface area contributed by atoms with Gasteiger partial charge in [-0.05, 0) is 24.3 Å². The first kappa shape index (κ1) is 13.2. The van der Waals surface area contributed by atoms with Gasteiger partial charge in [-0.3, -0.25) is 4.72 Å². The normalized spacial score (nSPS) is 12.5. The molecule has 0 atom stereocenters. The van der Waals surface area contributed by atoms with Crippen LogP contribution in [0, 0.1) is 0 Å². The molecule has 0 aliphatic rings. The van der Waals surface area contributed by atoms with E-state index in [2.05, 4.69) is 4.72 Å². The van der Waals surface area contributed by atoms with Crippen LogP contribution in [-0.2, 0) is 10.0 Å². The van der Waals surface area contributed by atoms with Crippen molar-refractivity contribution in [3.8, 4) is 0 Å². The first-order chi connectivity index (χ1) is 6.72. The number of alkyl halides is 3. The predicted octanol–water partition coefficient (Wildman–Crippen LogP) is 3.41. The van der Waals surface area contributed by atoms with Gasteiger partial charge in [-0.2, -0.15) is 0 Å². The minimum absolute atomic E-state index is 0.269. The molecule has 0 amide bonds. The highest BCUT2D eigenvalue weighted by molar-refractivity contribution is 7.98. The van der Waals surface area contributed by atoms with Crippen molar-refractivity contribution >= 4 is 62.1 Å². The highest BCUT2D eigenvalue weighted by Crippen LogP contribution is 2.33. The summed E-state index contributed by atoms with van der Waals surface area (Å²) in [6.07, 6.45) is 0. The molecule has 0 aliphatic heterocycles. The van der Waals surface area contributed by atoms with Crippen LogP contribution in [0.25, 0.3) is 0 Å². The number of hydrogen-bond acceptors (Lipinski definition) is 2. The monoisotopic (exact) mass is 307 g/mol. The lowest BCUT2D eigenvalue weighted by molar-refractivity contribution is 0.601. The van der Waals surface area contributed by atoms with Crippen LogP contribution in [0.2, 0.25) is 5.02 Å². The number of hydrogen-bond donors (Lipinski definition) is 1. The average molecular weight is 309 g/mol. The third kappa shape index (κ3) is 3.57. The van der Waals surface area contributed by atoms with E-state index in [9.17, 15) is 8.42 Å². The van der Waals surface area contributed by atoms with Crippen LogP contribution in [0.15, 0.2) is 24.3 Å². The van der Waals surface area contributed by atoms with E-state index >= 15 is 0 Å². The van der Waals surface area contributed by atoms with Crippen molar-refractivity contribution in [3.63, 3.8) is 0 Å². The van der Waals surface area contributed by atoms with E-state index in [4.69, 9.17) is 46.4 Å². The van der Waals surface area contributed by atoms with Gasteiger partial charge in [-0.1, -0.05) is 46.4 Å². The number of anilines is 1. The van der Waals surface area contributed by atoms with Crippen LogP contribution < -0.4 is 4.72 Å². The molecule has 0 aliphatic carbocycles. The summed E-state index contributed by atoms with van der Waals surface area (Å²) in [6.45, 7) is 0. The van der Waals surface area contributed by atoms with E-state index in [-0.39, 0.29) is 5.69 Å². The molecule has 0 heterocycles. The SMILES string of the molecule is O=S(=O)(Nc1ccc(Cl)cc1)C(Cl)(Cl)Cl. The molecular formula is C7H5Cl4NO2S. The molecule has 0 unspecified atom stereocenters. The molecule has 1 aromatic rings. The van der Waals surface area contributed by atoms with Crippen molar-refractivity contribution in [2.24, 2.45) is 0 Å². The third-order valence-corrected chi connectivity index (χ3v) is 4.60. The minimum Gasteiger partial charge on any atom is -0.280 e. The molecule has 3 nitrogen and oxygen atoms in total. The smallest absolute Gasteiger partial charge is 0.280 e. The second-order valence-corrected chi connectivity index (χ2v) is 7.77. The highest BCUT2D eigenvalue weighted by atomic mass is 35.6. The second-order valence-electron chi connectivity index (χ2n) is 2.56. The Labute approximate surface area is 107 Å². The molecule has 0 fully saturated rings. The molecule has 0 bridgehead atoms. The Morgan fingerprint density at radius 2 is 1.53 bits per heavy atom. The Morgan fingerprint density at radius 1 is 1.07 bits per heavy atom. The number of sulfonamides is 1. The molecule has 0 saturated carbocycles. The summed E-state index contributed by atoms with van der Waals surface area (Å²) in [6, 6.07) is 5.93. The fraction of sp³-hybridized carbons (Fsp3) is 0.143. The van der Waals surface area contributed by atoms with Gasteiger partial charge < -0.3 is 0 Å². The van der Waals surface area contributed by atoms with E-state index < -0.39 is 13.1 Å². The maximum Gasteiger partial charge on any atom is 0.311 e. The standard InChI is InChI=1S/C7H5Cl4NO2S/c8-5-1-3-6(4-2-5)12-15(13,14)7(9,10)11/h1-4,12H. The van der Waals surface area contributed by atoms with Crippen molar-refractivity contribution in [2.45, 2.75) is 3.12 Å². The zero-order chi connectivity index (χ0) is 11.7. The summed E-state index contributed by atoms with van der Waals surface area (Å²) >= 11 is 21.4. The molecular weight excluding hydrogens is 304 g/mol. The third-order valence-electron chi connectivity index (χ3n) is 1.40. The van der Waals surface area contributed by atoms with Crippen LogP contribution in [0.1, 0.15) is 0 Å². The molecule has 1 rings (SSSR count). The Morgan fingerprint density at radius 3 is 1.93 bits per heavy atom. The largest absolute Gasteiger partial charge is 0.311 e. The maximum absolute atomic E-state index is 11.4. The van der Waals surface area contributed by atoms with E-state index in [1.165, 1.54) is 24.3 Å². The first-order valence-electron chi connectivity index (χ1n) is 3.57. The zero-order valence-corrected chi connectivity index (χ0v) is 10.9. The summed E-state index contributed by atoms with van der Waals surface area (Å²) < 4.78 is 22.4. The maximum atomic E-state index is 11.4. The van der Waals surface area contributed by atoms with Crippen molar-refractivity contribution in [1.29, 1.82) is 0 Å². The highest BCUT2D eigenvalue weighted by Gasteiger charge is 2.37. The van der Waals surface area contributed by atoms with Gasteiger partial charge in [0, 0.05) is 10.7 Å².